The molecule has 0 aromatic rings. The number of carbonyl (C=O) groups is 1. The minimum absolute atomic E-state index is 0.0943. The van der Waals surface area contributed by atoms with Crippen LogP contribution in [0.25, 0.3) is 0 Å². The van der Waals surface area contributed by atoms with E-state index in [4.69, 9.17) is 4.74 Å². The summed E-state index contributed by atoms with van der Waals surface area (Å²) in [6, 6.07) is 0. The molecule has 0 spiro atoms. The first-order chi connectivity index (χ1) is 6.47. The van der Waals surface area contributed by atoms with Crippen molar-refractivity contribution < 1.29 is 14.6 Å². The predicted octanol–water partition coefficient (Wildman–Crippen LogP) is 1.24. The third kappa shape index (κ3) is 2.38. The van der Waals surface area contributed by atoms with Crippen LogP contribution in [0.5, 0.6) is 0 Å². The Labute approximate surface area is 84.8 Å². The molecule has 0 radical (unpaired) electrons. The van der Waals surface area contributed by atoms with Crippen LogP contribution in [-0.4, -0.2) is 41.9 Å². The van der Waals surface area contributed by atoms with Gasteiger partial charge in [0, 0.05) is 6.54 Å². The lowest BCUT2D eigenvalue weighted by atomic mass is 9.80. The monoisotopic (exact) mass is 201 g/mol. The molecule has 1 amide bonds. The maximum absolute atomic E-state index is 11.3. The molecular weight excluding hydrogens is 182 g/mol. The molecule has 1 heterocycles. The highest BCUT2D eigenvalue weighted by molar-refractivity contribution is 5.67. The third-order valence-corrected chi connectivity index (χ3v) is 2.85. The number of rotatable bonds is 1. The Hall–Kier alpha value is -0.770. The van der Waals surface area contributed by atoms with Gasteiger partial charge in [-0.1, -0.05) is 13.8 Å². The van der Waals surface area contributed by atoms with E-state index < -0.39 is 6.10 Å². The van der Waals surface area contributed by atoms with Crippen LogP contribution < -0.4 is 0 Å². The van der Waals surface area contributed by atoms with Gasteiger partial charge in [0.2, 0.25) is 0 Å². The summed E-state index contributed by atoms with van der Waals surface area (Å²) < 4.78 is 4.87. The highest BCUT2D eigenvalue weighted by Gasteiger charge is 2.36. The second-order valence-corrected chi connectivity index (χ2v) is 4.40. The van der Waals surface area contributed by atoms with Gasteiger partial charge in [0.05, 0.1) is 19.3 Å². The van der Waals surface area contributed by atoms with E-state index in [2.05, 4.69) is 0 Å². The van der Waals surface area contributed by atoms with Crippen molar-refractivity contribution in [3.05, 3.63) is 0 Å². The van der Waals surface area contributed by atoms with E-state index in [-0.39, 0.29) is 11.5 Å². The molecule has 1 atom stereocenters. The smallest absolute Gasteiger partial charge is 0.409 e. The number of hydrogen-bond acceptors (Lipinski definition) is 3. The van der Waals surface area contributed by atoms with Crippen LogP contribution in [0.15, 0.2) is 0 Å². The molecule has 0 saturated carbocycles. The Morgan fingerprint density at radius 3 is 2.79 bits per heavy atom. The van der Waals surface area contributed by atoms with Crippen molar-refractivity contribution in [2.75, 3.05) is 19.7 Å². The van der Waals surface area contributed by atoms with E-state index in [1.54, 1.807) is 11.8 Å². The molecule has 4 nitrogen and oxygen atoms in total. The molecule has 1 rings (SSSR count). The zero-order valence-electron chi connectivity index (χ0n) is 9.12. The summed E-state index contributed by atoms with van der Waals surface area (Å²) >= 11 is 0. The molecule has 14 heavy (non-hydrogen) atoms. The van der Waals surface area contributed by atoms with Gasteiger partial charge in [0.15, 0.2) is 0 Å². The second kappa shape index (κ2) is 4.17. The fourth-order valence-corrected chi connectivity index (χ4v) is 1.52. The van der Waals surface area contributed by atoms with Crippen molar-refractivity contribution in [2.45, 2.75) is 33.3 Å². The molecule has 1 N–H and O–H groups in total. The molecule has 82 valence electrons. The van der Waals surface area contributed by atoms with Gasteiger partial charge < -0.3 is 14.7 Å². The van der Waals surface area contributed by atoms with Crippen molar-refractivity contribution in [1.82, 2.24) is 4.90 Å². The fraction of sp³-hybridized carbons (Fsp3) is 0.900. The summed E-state index contributed by atoms with van der Waals surface area (Å²) in [6.07, 6.45) is 0.0372. The number of aliphatic hydroxyl groups is 1. The van der Waals surface area contributed by atoms with Gasteiger partial charge in [-0.05, 0) is 18.8 Å². The number of likely N-dealkylation sites (tertiary alicyclic amines) is 1. The topological polar surface area (TPSA) is 49.8 Å². The van der Waals surface area contributed by atoms with Crippen molar-refractivity contribution in [2.24, 2.45) is 5.41 Å². The number of ether oxygens (including phenoxy) is 1. The zero-order chi connectivity index (χ0) is 10.8. The van der Waals surface area contributed by atoms with Gasteiger partial charge in [-0.2, -0.15) is 0 Å². The quantitative estimate of drug-likeness (QED) is 0.694. The molecule has 0 aliphatic carbocycles. The van der Waals surface area contributed by atoms with Gasteiger partial charge in [0.25, 0.3) is 0 Å². The van der Waals surface area contributed by atoms with Crippen LogP contribution >= 0.6 is 0 Å². The largest absolute Gasteiger partial charge is 0.450 e. The molecule has 1 saturated heterocycles. The Morgan fingerprint density at radius 1 is 1.64 bits per heavy atom. The second-order valence-electron chi connectivity index (χ2n) is 4.40. The molecule has 0 aromatic heterocycles. The van der Waals surface area contributed by atoms with E-state index >= 15 is 0 Å². The zero-order valence-corrected chi connectivity index (χ0v) is 9.12. The van der Waals surface area contributed by atoms with Crippen LogP contribution in [0.3, 0.4) is 0 Å². The normalized spacial score (nSPS) is 26.0. The Bertz CT molecular complexity index is 215. The van der Waals surface area contributed by atoms with Crippen molar-refractivity contribution in [1.29, 1.82) is 0 Å². The van der Waals surface area contributed by atoms with Crippen molar-refractivity contribution in [3.8, 4) is 0 Å². The summed E-state index contributed by atoms with van der Waals surface area (Å²) in [5.41, 5.74) is -0.0943. The molecule has 0 aromatic carbocycles. The van der Waals surface area contributed by atoms with Gasteiger partial charge in [-0.3, -0.25) is 0 Å². The average Bonchev–Trinajstić information content (AvgIpc) is 2.10. The summed E-state index contributed by atoms with van der Waals surface area (Å²) in [5.74, 6) is 0. The molecule has 1 aliphatic heterocycles. The third-order valence-electron chi connectivity index (χ3n) is 2.85. The van der Waals surface area contributed by atoms with Crippen LogP contribution in [-0.2, 0) is 4.74 Å². The summed E-state index contributed by atoms with van der Waals surface area (Å²) in [6.45, 7) is 7.24. The van der Waals surface area contributed by atoms with Crippen molar-refractivity contribution >= 4 is 6.09 Å². The minimum Gasteiger partial charge on any atom is -0.450 e. The number of hydrogen-bond donors (Lipinski definition) is 1. The number of piperidine rings is 1. The van der Waals surface area contributed by atoms with E-state index in [1.807, 2.05) is 13.8 Å². The summed E-state index contributed by atoms with van der Waals surface area (Å²) in [7, 11) is 0. The molecule has 1 unspecified atom stereocenters. The van der Waals surface area contributed by atoms with Crippen molar-refractivity contribution in [3.63, 3.8) is 0 Å². The predicted molar refractivity (Wildman–Crippen MR) is 53.0 cm³/mol. The van der Waals surface area contributed by atoms with Gasteiger partial charge in [0.1, 0.15) is 0 Å². The minimum atomic E-state index is -0.458. The number of β-amino-alcohol motifs (C(OH)–C–C–N with tert-alkyl or cyclic N) is 1. The molecule has 0 bridgehead atoms. The summed E-state index contributed by atoms with van der Waals surface area (Å²) in [5, 5.41) is 9.78. The average molecular weight is 201 g/mol. The van der Waals surface area contributed by atoms with Crippen LogP contribution in [0.2, 0.25) is 0 Å². The van der Waals surface area contributed by atoms with E-state index in [1.165, 1.54) is 0 Å². The first kappa shape index (κ1) is 11.3. The lowest BCUT2D eigenvalue weighted by Crippen LogP contribution is -2.50. The molecular formula is C10H19NO3. The Morgan fingerprint density at radius 2 is 2.29 bits per heavy atom. The van der Waals surface area contributed by atoms with Crippen LogP contribution in [0.4, 0.5) is 4.79 Å². The van der Waals surface area contributed by atoms with Gasteiger partial charge >= 0.3 is 6.09 Å². The first-order valence-corrected chi connectivity index (χ1v) is 5.07. The van der Waals surface area contributed by atoms with E-state index in [0.717, 1.165) is 6.42 Å². The van der Waals surface area contributed by atoms with Crippen LogP contribution in [0, 0.1) is 5.41 Å². The summed E-state index contributed by atoms with van der Waals surface area (Å²) in [4.78, 5) is 12.9. The molecule has 1 aliphatic rings. The van der Waals surface area contributed by atoms with E-state index in [0.29, 0.717) is 19.7 Å². The first-order valence-electron chi connectivity index (χ1n) is 5.07. The Kier molecular flexibility index (Phi) is 3.37. The SMILES string of the molecule is CCOC(=O)N1CCC(C)(C)C(O)C1. The van der Waals surface area contributed by atoms with Crippen LogP contribution in [0.1, 0.15) is 27.2 Å². The fourth-order valence-electron chi connectivity index (χ4n) is 1.52. The highest BCUT2D eigenvalue weighted by atomic mass is 16.6. The maximum atomic E-state index is 11.3. The van der Waals surface area contributed by atoms with Gasteiger partial charge in [-0.15, -0.1) is 0 Å². The lowest BCUT2D eigenvalue weighted by molar-refractivity contribution is -0.0237. The van der Waals surface area contributed by atoms with E-state index in [9.17, 15) is 9.90 Å². The lowest BCUT2D eigenvalue weighted by Gasteiger charge is -2.40. The number of nitrogens with zero attached hydrogens (tertiary/aromatic N) is 1. The highest BCUT2D eigenvalue weighted by Crippen LogP contribution is 2.30. The standard InChI is InChI=1S/C10H19NO3/c1-4-14-9(13)11-6-5-10(2,3)8(12)7-11/h8,12H,4-7H2,1-3H3. The Balaban J connectivity index is 2.50. The number of amides is 1. The number of aliphatic hydroxyl groups excluding tert-OH is 1. The molecule has 1 fully saturated rings. The van der Waals surface area contributed by atoms with Gasteiger partial charge in [-0.25, -0.2) is 4.79 Å². The number of carbonyl (C=O) groups excluding carboxylic acids is 1. The molecule has 4 heteroatoms. The maximum Gasteiger partial charge on any atom is 0.409 e.